The van der Waals surface area contributed by atoms with Gasteiger partial charge in [0.25, 0.3) is 5.09 Å². The van der Waals surface area contributed by atoms with Gasteiger partial charge in [-0.1, -0.05) is 24.3 Å². The van der Waals surface area contributed by atoms with Crippen LogP contribution in [0.1, 0.15) is 11.1 Å². The maximum absolute atomic E-state index is 9.54. The third-order valence-electron chi connectivity index (χ3n) is 2.69. The van der Waals surface area contributed by atoms with Crippen molar-refractivity contribution in [1.29, 1.82) is 0 Å². The quantitative estimate of drug-likeness (QED) is 0.247. The molecule has 0 aliphatic heterocycles. The van der Waals surface area contributed by atoms with Gasteiger partial charge in [0.05, 0.1) is 13.1 Å². The zero-order chi connectivity index (χ0) is 17.8. The van der Waals surface area contributed by atoms with Gasteiger partial charge in [0.15, 0.2) is 0 Å². The molecule has 0 aromatic heterocycles. The molecule has 2 aromatic carbocycles. The first-order valence-electron chi connectivity index (χ1n) is 6.89. The predicted octanol–water partition coefficient (Wildman–Crippen LogP) is 1.91. The van der Waals surface area contributed by atoms with Crippen LogP contribution in [0.3, 0.4) is 0 Å². The largest absolute Gasteiger partial charge is 0.507 e. The Hall–Kier alpha value is -2.89. The van der Waals surface area contributed by atoms with Gasteiger partial charge in [0.1, 0.15) is 11.5 Å². The Kier molecular flexibility index (Phi) is 11.1. The van der Waals surface area contributed by atoms with Crippen LogP contribution in [0, 0.1) is 10.1 Å². The van der Waals surface area contributed by atoms with Crippen LogP contribution in [0.15, 0.2) is 58.5 Å². The fourth-order valence-corrected chi connectivity index (χ4v) is 1.63. The number of hydrogen-bond donors (Lipinski definition) is 3. The number of phenolic OH excluding ortho intramolecular Hbond substituents is 2. The van der Waals surface area contributed by atoms with Gasteiger partial charge >= 0.3 is 0 Å². The van der Waals surface area contributed by atoms with E-state index in [0.717, 1.165) is 0 Å². The summed E-state index contributed by atoms with van der Waals surface area (Å²) in [7, 11) is 0. The predicted molar refractivity (Wildman–Crippen MR) is 95.7 cm³/mol. The van der Waals surface area contributed by atoms with Gasteiger partial charge < -0.3 is 15.4 Å². The van der Waals surface area contributed by atoms with E-state index < -0.39 is 5.09 Å². The lowest BCUT2D eigenvalue weighted by atomic mass is 10.2. The molecule has 0 saturated heterocycles. The highest BCUT2D eigenvalue weighted by Crippen LogP contribution is 2.13. The molecule has 0 heterocycles. The first kappa shape index (κ1) is 22.1. The standard InChI is InChI=1S/C16H16N2O2.Al.HNO3/c19-15-7-3-1-5-13(15)11-17-9-10-18-12-14-6-2-4-8-16(14)20;;2-1(3)4/h1-8,11-12,19-20H,9-10H2;;(H,2,3,4). The highest BCUT2D eigenvalue weighted by atomic mass is 27.0. The van der Waals surface area contributed by atoms with E-state index in [-0.39, 0.29) is 28.9 Å². The molecule has 129 valence electrons. The molecule has 3 radical (unpaired) electrons. The Morgan fingerprint density at radius 2 is 1.20 bits per heavy atom. The molecule has 0 atom stereocenters. The molecule has 3 N–H and O–H groups in total. The Balaban J connectivity index is 0.00000104. The maximum Gasteiger partial charge on any atom is 0.291 e. The summed E-state index contributed by atoms with van der Waals surface area (Å²) in [5, 5.41) is 32.7. The van der Waals surface area contributed by atoms with Gasteiger partial charge in [-0.15, -0.1) is 10.1 Å². The summed E-state index contributed by atoms with van der Waals surface area (Å²) < 4.78 is 0. The van der Waals surface area contributed by atoms with Crippen molar-refractivity contribution in [2.75, 3.05) is 13.1 Å². The van der Waals surface area contributed by atoms with Crippen molar-refractivity contribution in [3.8, 4) is 11.5 Å². The minimum Gasteiger partial charge on any atom is -0.507 e. The average Bonchev–Trinajstić information content (AvgIpc) is 2.53. The normalized spacial score (nSPS) is 10.1. The number of aliphatic imine (C=N–C) groups is 2. The van der Waals surface area contributed by atoms with Gasteiger partial charge in [0.2, 0.25) is 0 Å². The molecule has 0 unspecified atom stereocenters. The Bertz CT molecular complexity index is 663. The Morgan fingerprint density at radius 3 is 1.52 bits per heavy atom. The molecule has 8 nitrogen and oxygen atoms in total. The van der Waals surface area contributed by atoms with Gasteiger partial charge in [-0.2, -0.15) is 0 Å². The van der Waals surface area contributed by atoms with Crippen molar-refractivity contribution in [3.63, 3.8) is 0 Å². The molecule has 0 amide bonds. The van der Waals surface area contributed by atoms with Crippen LogP contribution in [0.5, 0.6) is 11.5 Å². The molecule has 0 aliphatic rings. The van der Waals surface area contributed by atoms with E-state index in [0.29, 0.717) is 24.2 Å². The van der Waals surface area contributed by atoms with Crippen LogP contribution in [0.25, 0.3) is 0 Å². The molecule has 0 aliphatic carbocycles. The van der Waals surface area contributed by atoms with Gasteiger partial charge in [-0.25, -0.2) is 0 Å². The monoisotopic (exact) mass is 358 g/mol. The summed E-state index contributed by atoms with van der Waals surface area (Å²) in [6, 6.07) is 14.1. The number of phenols is 2. The molecule has 25 heavy (non-hydrogen) atoms. The van der Waals surface area contributed by atoms with Gasteiger partial charge in [0, 0.05) is 40.9 Å². The summed E-state index contributed by atoms with van der Waals surface area (Å²) in [6.07, 6.45) is 3.26. The Morgan fingerprint density at radius 1 is 0.880 bits per heavy atom. The number of benzene rings is 2. The van der Waals surface area contributed by atoms with Crippen LogP contribution in [0.4, 0.5) is 0 Å². The fourth-order valence-electron chi connectivity index (χ4n) is 1.63. The van der Waals surface area contributed by atoms with Crippen LogP contribution in [-0.2, 0) is 0 Å². The van der Waals surface area contributed by atoms with E-state index >= 15 is 0 Å². The van der Waals surface area contributed by atoms with E-state index in [2.05, 4.69) is 9.98 Å². The number of hydrogen-bond acceptors (Lipinski definition) is 6. The molecule has 0 spiro atoms. The number of rotatable bonds is 5. The van der Waals surface area contributed by atoms with Crippen molar-refractivity contribution < 1.29 is 20.5 Å². The fraction of sp³-hybridized carbons (Fsp3) is 0.125. The van der Waals surface area contributed by atoms with Crippen LogP contribution < -0.4 is 0 Å². The summed E-state index contributed by atoms with van der Waals surface area (Å²) in [6.45, 7) is 1.05. The SMILES string of the molecule is O=[N+]([O-])O.Oc1ccccc1C=NCCN=Cc1ccccc1O.[Al]. The van der Waals surface area contributed by atoms with Crippen LogP contribution in [0.2, 0.25) is 0 Å². The number of aromatic hydroxyl groups is 2. The minimum atomic E-state index is -1.50. The number of nitrogens with zero attached hydrogens (tertiary/aromatic N) is 3. The summed E-state index contributed by atoms with van der Waals surface area (Å²) in [5.41, 5.74) is 1.38. The van der Waals surface area contributed by atoms with E-state index in [1.807, 2.05) is 12.1 Å². The smallest absolute Gasteiger partial charge is 0.291 e. The summed E-state index contributed by atoms with van der Waals surface area (Å²) in [4.78, 5) is 16.8. The van der Waals surface area contributed by atoms with E-state index in [9.17, 15) is 10.2 Å². The van der Waals surface area contributed by atoms with Gasteiger partial charge in [-0.3, -0.25) is 9.98 Å². The highest BCUT2D eigenvalue weighted by Gasteiger charge is 1.95. The highest BCUT2D eigenvalue weighted by molar-refractivity contribution is 5.84. The first-order chi connectivity index (χ1) is 11.5. The Labute approximate surface area is 155 Å². The molecule has 2 aromatic rings. The lowest BCUT2D eigenvalue weighted by molar-refractivity contribution is -0.742. The van der Waals surface area contributed by atoms with Crippen molar-refractivity contribution in [3.05, 3.63) is 69.8 Å². The second-order valence-corrected chi connectivity index (χ2v) is 4.43. The second-order valence-electron chi connectivity index (χ2n) is 4.43. The first-order valence-corrected chi connectivity index (χ1v) is 6.89. The van der Waals surface area contributed by atoms with Gasteiger partial charge in [-0.05, 0) is 24.3 Å². The summed E-state index contributed by atoms with van der Waals surface area (Å²) in [5.74, 6) is 0.433. The van der Waals surface area contributed by atoms with Crippen molar-refractivity contribution in [1.82, 2.24) is 0 Å². The van der Waals surface area contributed by atoms with E-state index in [1.165, 1.54) is 0 Å². The van der Waals surface area contributed by atoms with Crippen molar-refractivity contribution in [2.24, 2.45) is 9.98 Å². The second kappa shape index (κ2) is 12.5. The summed E-state index contributed by atoms with van der Waals surface area (Å²) >= 11 is 0. The number of para-hydroxylation sites is 2. The van der Waals surface area contributed by atoms with Crippen molar-refractivity contribution in [2.45, 2.75) is 0 Å². The lowest BCUT2D eigenvalue weighted by Gasteiger charge is -1.97. The molecule has 2 rings (SSSR count). The van der Waals surface area contributed by atoms with E-state index in [1.54, 1.807) is 48.8 Å². The van der Waals surface area contributed by atoms with Crippen LogP contribution in [-0.4, -0.2) is 63.4 Å². The zero-order valence-corrected chi connectivity index (χ0v) is 14.4. The molecule has 0 bridgehead atoms. The molecule has 0 fully saturated rings. The van der Waals surface area contributed by atoms with Crippen LogP contribution >= 0.6 is 0 Å². The maximum atomic E-state index is 9.54. The topological polar surface area (TPSA) is 129 Å². The average molecular weight is 358 g/mol. The molecule has 9 heteroatoms. The van der Waals surface area contributed by atoms with Crippen molar-refractivity contribution >= 4 is 29.8 Å². The van der Waals surface area contributed by atoms with E-state index in [4.69, 9.17) is 15.3 Å². The lowest BCUT2D eigenvalue weighted by Crippen LogP contribution is -1.91. The third kappa shape index (κ3) is 9.76. The molecule has 0 saturated carbocycles. The minimum absolute atomic E-state index is 0. The zero-order valence-electron chi connectivity index (χ0n) is 13.3. The molecular formula is C16H17AlN3O5. The third-order valence-corrected chi connectivity index (χ3v) is 2.69. The molecular weight excluding hydrogens is 341 g/mol.